The molecule has 10 rings (SSSR count). The second kappa shape index (κ2) is 6.88. The highest BCUT2D eigenvalue weighted by atomic mass is 14.9. The van der Waals surface area contributed by atoms with Crippen molar-refractivity contribution in [1.82, 2.24) is 13.8 Å². The first-order valence-corrected chi connectivity index (χ1v) is 13.9. The van der Waals surface area contributed by atoms with E-state index in [9.17, 15) is 0 Å². The molecule has 3 nitrogen and oxygen atoms in total. The van der Waals surface area contributed by atoms with Crippen LogP contribution in [0.4, 0.5) is 0 Å². The SMILES string of the molecule is Cc1cnc(-c2ccc3c4ccccc4n4c5cc6c7cccc8c9ccccc9n(c6cc5c2c34)c87)cc1C. The third kappa shape index (κ3) is 2.28. The molecule has 186 valence electrons. The summed E-state index contributed by atoms with van der Waals surface area (Å²) in [5.74, 6) is 0. The van der Waals surface area contributed by atoms with Crippen LogP contribution in [0.25, 0.3) is 87.4 Å². The van der Waals surface area contributed by atoms with Crippen LogP contribution < -0.4 is 0 Å². The number of para-hydroxylation sites is 3. The van der Waals surface area contributed by atoms with Crippen LogP contribution >= 0.6 is 0 Å². The molecule has 5 heterocycles. The Bertz CT molecular complexity index is 2670. The maximum absolute atomic E-state index is 4.93. The Morgan fingerprint density at radius 3 is 1.82 bits per heavy atom. The number of hydrogen-bond acceptors (Lipinski definition) is 1. The molecule has 0 aliphatic heterocycles. The zero-order valence-electron chi connectivity index (χ0n) is 22.2. The van der Waals surface area contributed by atoms with Crippen molar-refractivity contribution < 1.29 is 0 Å². The van der Waals surface area contributed by atoms with Gasteiger partial charge >= 0.3 is 0 Å². The third-order valence-electron chi connectivity index (χ3n) is 9.34. The molecule has 0 spiro atoms. The maximum Gasteiger partial charge on any atom is 0.0711 e. The Morgan fingerprint density at radius 2 is 1.07 bits per heavy atom. The average Bonchev–Trinajstić information content (AvgIpc) is 3.70. The first kappa shape index (κ1) is 20.8. The van der Waals surface area contributed by atoms with Crippen LogP contribution in [-0.4, -0.2) is 13.8 Å². The zero-order chi connectivity index (χ0) is 26.3. The van der Waals surface area contributed by atoms with Gasteiger partial charge in [-0.2, -0.15) is 0 Å². The quantitative estimate of drug-likeness (QED) is 0.216. The summed E-state index contributed by atoms with van der Waals surface area (Å²) in [7, 11) is 0. The van der Waals surface area contributed by atoms with E-state index in [-0.39, 0.29) is 0 Å². The Labute approximate surface area is 229 Å². The van der Waals surface area contributed by atoms with Crippen LogP contribution in [0.2, 0.25) is 0 Å². The lowest BCUT2D eigenvalue weighted by molar-refractivity contribution is 1.22. The van der Waals surface area contributed by atoms with Gasteiger partial charge in [0.15, 0.2) is 0 Å². The number of rotatable bonds is 1. The molecule has 5 aromatic carbocycles. The molecule has 40 heavy (non-hydrogen) atoms. The van der Waals surface area contributed by atoms with Gasteiger partial charge in [0.1, 0.15) is 0 Å². The van der Waals surface area contributed by atoms with Crippen LogP contribution in [0.5, 0.6) is 0 Å². The number of benzene rings is 5. The van der Waals surface area contributed by atoms with E-state index in [0.29, 0.717) is 0 Å². The van der Waals surface area contributed by atoms with Crippen molar-refractivity contribution in [2.45, 2.75) is 13.8 Å². The third-order valence-corrected chi connectivity index (χ3v) is 9.34. The first-order chi connectivity index (χ1) is 19.7. The van der Waals surface area contributed by atoms with Crippen molar-refractivity contribution in [3.05, 3.63) is 114 Å². The second-order valence-electron chi connectivity index (χ2n) is 11.3. The molecule has 0 bridgehead atoms. The van der Waals surface area contributed by atoms with Crippen molar-refractivity contribution in [1.29, 1.82) is 0 Å². The molecule has 3 heteroatoms. The number of nitrogens with zero attached hydrogens (tertiary/aromatic N) is 3. The summed E-state index contributed by atoms with van der Waals surface area (Å²) in [6.07, 6.45) is 2.01. The topological polar surface area (TPSA) is 21.7 Å². The van der Waals surface area contributed by atoms with Gasteiger partial charge < -0.3 is 8.80 Å². The van der Waals surface area contributed by atoms with Gasteiger partial charge in [0, 0.05) is 54.9 Å². The van der Waals surface area contributed by atoms with E-state index in [1.165, 1.54) is 92.9 Å². The van der Waals surface area contributed by atoms with Crippen LogP contribution in [0, 0.1) is 13.8 Å². The molecule has 0 saturated heterocycles. The predicted molar refractivity (Wildman–Crippen MR) is 168 cm³/mol. The Hall–Kier alpha value is -5.15. The minimum Gasteiger partial charge on any atom is -0.308 e. The van der Waals surface area contributed by atoms with E-state index in [2.05, 4.69) is 120 Å². The highest BCUT2D eigenvalue weighted by molar-refractivity contribution is 6.30. The monoisotopic (exact) mass is 509 g/mol. The number of aromatic nitrogens is 3. The molecule has 0 saturated carbocycles. The van der Waals surface area contributed by atoms with E-state index in [4.69, 9.17) is 4.98 Å². The normalized spacial score (nSPS) is 12.8. The largest absolute Gasteiger partial charge is 0.308 e. The van der Waals surface area contributed by atoms with E-state index < -0.39 is 0 Å². The Kier molecular flexibility index (Phi) is 3.57. The van der Waals surface area contributed by atoms with Crippen LogP contribution in [0.3, 0.4) is 0 Å². The highest BCUT2D eigenvalue weighted by Gasteiger charge is 2.24. The summed E-state index contributed by atoms with van der Waals surface area (Å²) in [6.45, 7) is 4.31. The number of fused-ring (bicyclic) bond motifs is 12. The van der Waals surface area contributed by atoms with E-state index in [1.54, 1.807) is 0 Å². The number of pyridine rings is 1. The van der Waals surface area contributed by atoms with Crippen molar-refractivity contribution in [3.63, 3.8) is 0 Å². The van der Waals surface area contributed by atoms with Gasteiger partial charge in [0.2, 0.25) is 0 Å². The molecular formula is C37H23N3. The Morgan fingerprint density at radius 1 is 0.475 bits per heavy atom. The van der Waals surface area contributed by atoms with Gasteiger partial charge in [-0.3, -0.25) is 4.98 Å². The van der Waals surface area contributed by atoms with Crippen LogP contribution in [0.15, 0.2) is 103 Å². The molecule has 10 aromatic rings. The minimum absolute atomic E-state index is 1.03. The summed E-state index contributed by atoms with van der Waals surface area (Å²) < 4.78 is 4.97. The lowest BCUT2D eigenvalue weighted by Crippen LogP contribution is -1.89. The Balaban J connectivity index is 1.49. The molecule has 0 fully saturated rings. The molecular weight excluding hydrogens is 486 g/mol. The van der Waals surface area contributed by atoms with E-state index in [1.807, 2.05) is 6.20 Å². The summed E-state index contributed by atoms with van der Waals surface area (Å²) in [6, 6.07) is 36.1. The van der Waals surface area contributed by atoms with Gasteiger partial charge in [-0.05, 0) is 55.3 Å². The van der Waals surface area contributed by atoms with Gasteiger partial charge in [-0.1, -0.05) is 66.7 Å². The summed E-state index contributed by atoms with van der Waals surface area (Å²) in [4.78, 5) is 4.93. The molecule has 0 aliphatic carbocycles. The average molecular weight is 510 g/mol. The van der Waals surface area contributed by atoms with E-state index >= 15 is 0 Å². The first-order valence-electron chi connectivity index (χ1n) is 13.9. The van der Waals surface area contributed by atoms with Gasteiger partial charge in [0.25, 0.3) is 0 Å². The van der Waals surface area contributed by atoms with Crippen LogP contribution in [0.1, 0.15) is 11.1 Å². The molecule has 5 aromatic heterocycles. The van der Waals surface area contributed by atoms with Gasteiger partial charge in [-0.15, -0.1) is 0 Å². The highest BCUT2D eigenvalue weighted by Crippen LogP contribution is 2.46. The van der Waals surface area contributed by atoms with Crippen molar-refractivity contribution in [2.24, 2.45) is 0 Å². The molecule has 0 atom stereocenters. The molecule has 0 unspecified atom stereocenters. The molecule has 0 amide bonds. The molecule has 0 radical (unpaired) electrons. The van der Waals surface area contributed by atoms with E-state index in [0.717, 1.165) is 5.69 Å². The maximum atomic E-state index is 4.93. The zero-order valence-corrected chi connectivity index (χ0v) is 22.2. The lowest BCUT2D eigenvalue weighted by atomic mass is 9.98. The summed E-state index contributed by atoms with van der Waals surface area (Å²) in [5, 5.41) is 10.4. The lowest BCUT2D eigenvalue weighted by Gasteiger charge is -2.08. The van der Waals surface area contributed by atoms with Crippen molar-refractivity contribution >= 4 is 76.2 Å². The van der Waals surface area contributed by atoms with Crippen LogP contribution in [-0.2, 0) is 0 Å². The fourth-order valence-electron chi connectivity index (χ4n) is 7.41. The van der Waals surface area contributed by atoms with Gasteiger partial charge in [0.05, 0.1) is 38.8 Å². The molecule has 0 N–H and O–H groups in total. The van der Waals surface area contributed by atoms with Crippen molar-refractivity contribution in [3.8, 4) is 11.3 Å². The fraction of sp³-hybridized carbons (Fsp3) is 0.0541. The number of hydrogen-bond donors (Lipinski definition) is 0. The minimum atomic E-state index is 1.03. The predicted octanol–water partition coefficient (Wildman–Crippen LogP) is 9.67. The smallest absolute Gasteiger partial charge is 0.0711 e. The summed E-state index contributed by atoms with van der Waals surface area (Å²) in [5.41, 5.74) is 12.3. The summed E-state index contributed by atoms with van der Waals surface area (Å²) >= 11 is 0. The standard InChI is InChI=1S/C37H23N3/c1-20-16-30(38-19-21(20)2)27-15-14-26-23-9-4-6-13-32(23)40-34-17-28-25-11-7-10-24-22-8-3-5-12-31(22)39(36(24)25)33(28)18-29(34)35(27)37(26)40/h3-19H,1-2H3. The second-order valence-corrected chi connectivity index (χ2v) is 11.3. The fourth-order valence-corrected chi connectivity index (χ4v) is 7.41. The number of aryl methyl sites for hydroxylation is 2. The van der Waals surface area contributed by atoms with Gasteiger partial charge in [-0.25, -0.2) is 0 Å². The molecule has 0 aliphatic rings. The van der Waals surface area contributed by atoms with Crippen molar-refractivity contribution in [2.75, 3.05) is 0 Å².